The molecular formula is C57H86O2S4. The smallest absolute Gasteiger partial charge is 0.205 e. The largest absolute Gasteiger partial charge is 0.288 e. The van der Waals surface area contributed by atoms with Crippen LogP contribution in [0.5, 0.6) is 0 Å². The third-order valence-corrected chi connectivity index (χ3v) is 16.8. The van der Waals surface area contributed by atoms with Gasteiger partial charge in [-0.3, -0.25) is 9.59 Å². The minimum absolute atomic E-state index is 0.00847. The summed E-state index contributed by atoms with van der Waals surface area (Å²) in [6.45, 7) is 9.18. The van der Waals surface area contributed by atoms with Crippen LogP contribution < -0.4 is 0 Å². The van der Waals surface area contributed by atoms with Crippen LogP contribution in [0.4, 0.5) is 0 Å². The van der Waals surface area contributed by atoms with Gasteiger partial charge in [0.1, 0.15) is 0 Å². The van der Waals surface area contributed by atoms with E-state index in [-0.39, 0.29) is 11.6 Å². The van der Waals surface area contributed by atoms with Crippen molar-refractivity contribution in [2.24, 2.45) is 0 Å². The Morgan fingerprint density at radius 1 is 0.317 bits per heavy atom. The van der Waals surface area contributed by atoms with Crippen LogP contribution in [-0.2, 0) is 12.8 Å². The molecular weight excluding hydrogens is 845 g/mol. The fourth-order valence-electron chi connectivity index (χ4n) is 9.19. The summed E-state index contributed by atoms with van der Waals surface area (Å²) in [7, 11) is 0. The second-order valence-corrected chi connectivity index (χ2v) is 22.0. The van der Waals surface area contributed by atoms with E-state index in [0.717, 1.165) is 0 Å². The molecule has 0 spiro atoms. The molecule has 2 nitrogen and oxygen atoms in total. The van der Waals surface area contributed by atoms with Crippen LogP contribution in [0.2, 0.25) is 0 Å². The lowest BCUT2D eigenvalue weighted by Gasteiger charge is -2.12. The van der Waals surface area contributed by atoms with Crippen molar-refractivity contribution in [3.05, 3.63) is 77.8 Å². The highest BCUT2D eigenvalue weighted by Crippen LogP contribution is 2.40. The van der Waals surface area contributed by atoms with Gasteiger partial charge in [-0.15, -0.1) is 45.3 Å². The lowest BCUT2D eigenvalue weighted by atomic mass is 9.95. The molecule has 4 heterocycles. The van der Waals surface area contributed by atoms with Gasteiger partial charge < -0.3 is 0 Å². The molecule has 6 rings (SSSR count). The van der Waals surface area contributed by atoms with Crippen molar-refractivity contribution in [1.82, 2.24) is 0 Å². The highest BCUT2D eigenvalue weighted by atomic mass is 32.1. The van der Waals surface area contributed by atoms with Gasteiger partial charge in [0.2, 0.25) is 11.6 Å². The summed E-state index contributed by atoms with van der Waals surface area (Å²) in [4.78, 5) is 24.8. The Kier molecular flexibility index (Phi) is 28.3. The number of unbranched alkanes of at least 4 members (excludes halogenated alkanes) is 28. The zero-order valence-corrected chi connectivity index (χ0v) is 43.7. The molecule has 6 heteroatoms. The highest BCUT2D eigenvalue weighted by molar-refractivity contribution is 7.19. The number of hydrogen-bond acceptors (Lipinski definition) is 6. The summed E-state index contributed by atoms with van der Waals surface area (Å²) in [6, 6.07) is 8.30. The van der Waals surface area contributed by atoms with E-state index < -0.39 is 0 Å². The van der Waals surface area contributed by atoms with E-state index in [1.54, 1.807) is 54.2 Å². The number of benzene rings is 1. The number of aryl methyl sites for hydroxylation is 2. The third-order valence-electron chi connectivity index (χ3n) is 13.0. The number of ketones is 2. The van der Waals surface area contributed by atoms with Crippen LogP contribution in [0.15, 0.2) is 45.8 Å². The summed E-state index contributed by atoms with van der Waals surface area (Å²) in [6.07, 6.45) is 46.8. The Labute approximate surface area is 401 Å². The van der Waals surface area contributed by atoms with Crippen molar-refractivity contribution in [3.8, 4) is 0 Å². The number of rotatable bonds is 32. The second kappa shape index (κ2) is 33.4. The average Bonchev–Trinajstić information content (AvgIpc) is 4.15. The van der Waals surface area contributed by atoms with Crippen molar-refractivity contribution < 1.29 is 9.59 Å². The van der Waals surface area contributed by atoms with Crippen molar-refractivity contribution in [3.63, 3.8) is 0 Å². The highest BCUT2D eigenvalue weighted by Gasteiger charge is 2.31. The van der Waals surface area contributed by atoms with E-state index in [0.29, 0.717) is 20.9 Å². The predicted molar refractivity (Wildman–Crippen MR) is 286 cm³/mol. The lowest BCUT2D eigenvalue weighted by molar-refractivity contribution is 0.0986. The summed E-state index contributed by atoms with van der Waals surface area (Å²) < 4.78 is 3.19. The van der Waals surface area contributed by atoms with E-state index in [1.165, 1.54) is 235 Å². The van der Waals surface area contributed by atoms with Crippen LogP contribution in [0.1, 0.15) is 268 Å². The first-order chi connectivity index (χ1) is 31.1. The average molecular weight is 932 g/mol. The van der Waals surface area contributed by atoms with Gasteiger partial charge in [0.05, 0.1) is 9.75 Å². The minimum atomic E-state index is -0.00847. The Morgan fingerprint density at radius 2 is 0.571 bits per heavy atom. The number of carbonyl (C=O) groups excluding carboxylic acids is 2. The first kappa shape index (κ1) is 53.5. The zero-order chi connectivity index (χ0) is 44.7. The van der Waals surface area contributed by atoms with Crippen molar-refractivity contribution in [1.29, 1.82) is 0 Å². The molecule has 0 unspecified atom stereocenters. The molecule has 0 saturated heterocycles. The van der Waals surface area contributed by atoms with Crippen molar-refractivity contribution in [2.45, 2.75) is 240 Å². The third kappa shape index (κ3) is 18.6. The summed E-state index contributed by atoms with van der Waals surface area (Å²) >= 11 is 6.66. The Balaban J connectivity index is 0.000000261. The van der Waals surface area contributed by atoms with Crippen LogP contribution in [-0.4, -0.2) is 11.6 Å². The quantitative estimate of drug-likeness (QED) is 0.0395. The SMILES string of the molecule is CCCCCCCCCCCCC.CCCCCCCCCCCCc1c2ccsc2c(CCCCCCCCCCCC)c2ccsc12.O=C1c2ccsc2C(=O)c2ccsc21. The Hall–Kier alpha value is -2.12. The van der Waals surface area contributed by atoms with E-state index in [1.807, 2.05) is 22.7 Å². The van der Waals surface area contributed by atoms with Gasteiger partial charge in [-0.1, -0.05) is 214 Å². The van der Waals surface area contributed by atoms with Gasteiger partial charge in [-0.2, -0.15) is 0 Å². The molecule has 1 aliphatic carbocycles. The fourth-order valence-corrected chi connectivity index (χ4v) is 12.9. The van der Waals surface area contributed by atoms with Gasteiger partial charge in [0.15, 0.2) is 0 Å². The van der Waals surface area contributed by atoms with Crippen molar-refractivity contribution >= 4 is 77.1 Å². The number of thiophene rings is 4. The molecule has 0 N–H and O–H groups in total. The maximum atomic E-state index is 11.8. The van der Waals surface area contributed by atoms with E-state index in [9.17, 15) is 9.59 Å². The number of fused-ring (bicyclic) bond motifs is 4. The lowest BCUT2D eigenvalue weighted by Crippen LogP contribution is -2.15. The van der Waals surface area contributed by atoms with E-state index in [4.69, 9.17) is 0 Å². The fraction of sp³-hybridized carbons (Fsp3) is 0.649. The Morgan fingerprint density at radius 3 is 0.857 bits per heavy atom. The van der Waals surface area contributed by atoms with Crippen LogP contribution in [0, 0.1) is 0 Å². The second-order valence-electron chi connectivity index (χ2n) is 18.3. The van der Waals surface area contributed by atoms with Crippen LogP contribution in [0.3, 0.4) is 0 Å². The van der Waals surface area contributed by atoms with Crippen molar-refractivity contribution in [2.75, 3.05) is 0 Å². The van der Waals surface area contributed by atoms with Gasteiger partial charge >= 0.3 is 0 Å². The standard InChI is InChI=1S/C34H54S2.C13H28.C10H4O2S2/c1-3-5-7-9-11-13-15-17-19-21-23-29-31-25-27-36-34(31)30(32-26-28-35-33(29)32)24-22-20-18-16-14-12-10-8-6-4-2;1-3-5-7-9-11-13-12-10-8-6-4-2;11-7-5-1-3-13-9(5)8(12)6-2-4-14-10(6)7/h25-28H,3-24H2,1-2H3;3-13H2,1-2H3;1-4H. The molecule has 0 aliphatic heterocycles. The maximum Gasteiger partial charge on any atom is 0.205 e. The normalized spacial score (nSPS) is 12.1. The van der Waals surface area contributed by atoms with Gasteiger partial charge in [-0.05, 0) is 93.4 Å². The Bertz CT molecular complexity index is 1710. The predicted octanol–water partition coefficient (Wildman–Crippen LogP) is 20.9. The van der Waals surface area contributed by atoms with E-state index >= 15 is 0 Å². The number of carbonyl (C=O) groups is 2. The molecule has 1 aromatic carbocycles. The molecule has 0 saturated carbocycles. The monoisotopic (exact) mass is 931 g/mol. The van der Waals surface area contributed by atoms with Gasteiger partial charge in [0.25, 0.3) is 0 Å². The molecule has 0 radical (unpaired) electrons. The molecule has 0 fully saturated rings. The molecule has 0 bridgehead atoms. The molecule has 350 valence electrons. The molecule has 63 heavy (non-hydrogen) atoms. The maximum absolute atomic E-state index is 11.8. The summed E-state index contributed by atoms with van der Waals surface area (Å²) in [5.41, 5.74) is 4.44. The summed E-state index contributed by atoms with van der Waals surface area (Å²) in [5, 5.41) is 11.4. The molecule has 0 atom stereocenters. The topological polar surface area (TPSA) is 34.1 Å². The molecule has 0 amide bonds. The number of hydrogen-bond donors (Lipinski definition) is 0. The summed E-state index contributed by atoms with van der Waals surface area (Å²) in [5.74, 6) is -0.0169. The van der Waals surface area contributed by atoms with Crippen LogP contribution in [0.25, 0.3) is 20.2 Å². The molecule has 4 aromatic heterocycles. The van der Waals surface area contributed by atoms with E-state index in [2.05, 4.69) is 50.6 Å². The first-order valence-electron chi connectivity index (χ1n) is 26.2. The van der Waals surface area contributed by atoms with Gasteiger partial charge in [0, 0.05) is 20.5 Å². The minimum Gasteiger partial charge on any atom is -0.288 e. The zero-order valence-electron chi connectivity index (χ0n) is 40.4. The molecule has 1 aliphatic rings. The van der Waals surface area contributed by atoms with Crippen LogP contribution >= 0.6 is 45.3 Å². The van der Waals surface area contributed by atoms with Gasteiger partial charge in [-0.25, -0.2) is 0 Å². The molecule has 5 aromatic rings. The first-order valence-corrected chi connectivity index (χ1v) is 29.7.